The fraction of sp³-hybridized carbons (Fsp3) is 0.381. The van der Waals surface area contributed by atoms with E-state index in [9.17, 15) is 26.3 Å². The third-order valence-electron chi connectivity index (χ3n) is 4.76. The Hall–Kier alpha value is -1.87. The first-order chi connectivity index (χ1) is 14.4. The lowest BCUT2D eigenvalue weighted by Gasteiger charge is -2.34. The molecular formula is C21H19ClF6N2S. The van der Waals surface area contributed by atoms with E-state index in [1.165, 1.54) is 13.0 Å². The Morgan fingerprint density at radius 1 is 1.13 bits per heavy atom. The number of piperidine rings is 1. The molecule has 0 N–H and O–H groups in total. The van der Waals surface area contributed by atoms with Crippen molar-refractivity contribution in [3.8, 4) is 0 Å². The zero-order valence-corrected chi connectivity index (χ0v) is 18.0. The molecule has 0 saturated carbocycles. The lowest BCUT2D eigenvalue weighted by Crippen LogP contribution is -2.43. The van der Waals surface area contributed by atoms with Gasteiger partial charge in [-0.25, -0.2) is 18.2 Å². The van der Waals surface area contributed by atoms with E-state index in [2.05, 4.69) is 4.99 Å². The second kappa shape index (κ2) is 9.32. The Morgan fingerprint density at radius 3 is 2.32 bits per heavy atom. The molecule has 2 aromatic carbocycles. The number of benzene rings is 2. The second-order valence-electron chi connectivity index (χ2n) is 7.26. The van der Waals surface area contributed by atoms with Crippen LogP contribution in [-0.2, 0) is 0 Å². The van der Waals surface area contributed by atoms with Gasteiger partial charge in [-0.05, 0) is 48.9 Å². The van der Waals surface area contributed by atoms with Crippen LogP contribution in [0.3, 0.4) is 0 Å². The Bertz CT molecular complexity index is 950. The van der Waals surface area contributed by atoms with E-state index < -0.39 is 23.7 Å². The van der Waals surface area contributed by atoms with Gasteiger partial charge in [-0.2, -0.15) is 13.2 Å². The highest BCUT2D eigenvalue weighted by Gasteiger charge is 2.35. The van der Waals surface area contributed by atoms with Crippen LogP contribution in [0.5, 0.6) is 0 Å². The predicted octanol–water partition coefficient (Wildman–Crippen LogP) is 7.25. The fourth-order valence-corrected chi connectivity index (χ4v) is 4.05. The van der Waals surface area contributed by atoms with Gasteiger partial charge in [-0.3, -0.25) is 0 Å². The summed E-state index contributed by atoms with van der Waals surface area (Å²) in [5, 5.41) is 0.459. The first-order valence-corrected chi connectivity index (χ1v) is 10.8. The molecule has 0 atom stereocenters. The Morgan fingerprint density at radius 2 is 1.74 bits per heavy atom. The van der Waals surface area contributed by atoms with E-state index in [0.717, 1.165) is 6.07 Å². The Balaban J connectivity index is 2.00. The molecule has 1 fully saturated rings. The van der Waals surface area contributed by atoms with Crippen molar-refractivity contribution in [2.45, 2.75) is 36.8 Å². The molecule has 168 valence electrons. The molecule has 0 amide bonds. The molecule has 1 heterocycles. The molecule has 0 aliphatic carbocycles. The molecule has 0 aromatic heterocycles. The number of halogens is 7. The highest BCUT2D eigenvalue weighted by atomic mass is 35.5. The summed E-state index contributed by atoms with van der Waals surface area (Å²) in [6, 6.07) is 8.86. The third kappa shape index (κ3) is 6.55. The van der Waals surface area contributed by atoms with Gasteiger partial charge in [0.25, 0.3) is 5.92 Å². The fourth-order valence-electron chi connectivity index (χ4n) is 3.12. The van der Waals surface area contributed by atoms with E-state index in [-0.39, 0.29) is 42.3 Å². The van der Waals surface area contributed by atoms with Gasteiger partial charge in [-0.15, -0.1) is 11.8 Å². The van der Waals surface area contributed by atoms with Crippen LogP contribution in [-0.4, -0.2) is 41.7 Å². The molecule has 0 radical (unpaired) electrons. The number of hydrogen-bond acceptors (Lipinski definition) is 2. The monoisotopic (exact) mass is 480 g/mol. The van der Waals surface area contributed by atoms with Crippen molar-refractivity contribution in [3.63, 3.8) is 0 Å². The molecule has 1 saturated heterocycles. The maximum absolute atomic E-state index is 14.6. The smallest absolute Gasteiger partial charge is 0.356 e. The second-order valence-corrected chi connectivity index (χ2v) is 8.71. The van der Waals surface area contributed by atoms with Crippen molar-refractivity contribution in [2.24, 2.45) is 4.99 Å². The van der Waals surface area contributed by atoms with Crippen molar-refractivity contribution in [1.82, 2.24) is 4.90 Å². The molecule has 0 bridgehead atoms. The normalized spacial score (nSPS) is 17.2. The van der Waals surface area contributed by atoms with Gasteiger partial charge < -0.3 is 4.90 Å². The summed E-state index contributed by atoms with van der Waals surface area (Å²) in [6.07, 6.45) is -5.12. The summed E-state index contributed by atoms with van der Waals surface area (Å²) < 4.78 is 79.8. The third-order valence-corrected chi connectivity index (χ3v) is 6.23. The maximum atomic E-state index is 14.6. The summed E-state index contributed by atoms with van der Waals surface area (Å²) in [6.45, 7) is 1.54. The van der Waals surface area contributed by atoms with Crippen LogP contribution in [0.15, 0.2) is 46.3 Å². The summed E-state index contributed by atoms with van der Waals surface area (Å²) in [5.41, 5.74) is 0.744. The molecule has 0 spiro atoms. The Kier molecular flexibility index (Phi) is 7.15. The predicted molar refractivity (Wildman–Crippen MR) is 111 cm³/mol. The molecule has 3 rings (SSSR count). The van der Waals surface area contributed by atoms with E-state index >= 15 is 0 Å². The lowest BCUT2D eigenvalue weighted by atomic mass is 10.1. The zero-order chi connectivity index (χ0) is 22.8. The highest BCUT2D eigenvalue weighted by molar-refractivity contribution is 7.99. The van der Waals surface area contributed by atoms with Gasteiger partial charge in [0.05, 0.1) is 5.75 Å². The number of nitrogens with zero attached hydrogens (tertiary/aromatic N) is 2. The van der Waals surface area contributed by atoms with E-state index in [0.29, 0.717) is 27.9 Å². The van der Waals surface area contributed by atoms with Crippen LogP contribution >= 0.6 is 23.4 Å². The molecule has 10 heteroatoms. The van der Waals surface area contributed by atoms with E-state index in [1.807, 2.05) is 0 Å². The minimum Gasteiger partial charge on any atom is -0.356 e. The van der Waals surface area contributed by atoms with Gasteiger partial charge in [-0.1, -0.05) is 11.6 Å². The first-order valence-electron chi connectivity index (χ1n) is 9.41. The van der Waals surface area contributed by atoms with Crippen molar-refractivity contribution >= 4 is 34.9 Å². The minimum atomic E-state index is -4.37. The Labute approximate surface area is 185 Å². The summed E-state index contributed by atoms with van der Waals surface area (Å²) in [4.78, 5) is 6.24. The number of aliphatic imine (C=N–C) groups is 1. The highest BCUT2D eigenvalue weighted by Crippen LogP contribution is 2.35. The van der Waals surface area contributed by atoms with Crippen LogP contribution < -0.4 is 0 Å². The first kappa shape index (κ1) is 23.8. The molecule has 31 heavy (non-hydrogen) atoms. The summed E-state index contributed by atoms with van der Waals surface area (Å²) >= 11 is 6.47. The van der Waals surface area contributed by atoms with Gasteiger partial charge in [0.2, 0.25) is 0 Å². The van der Waals surface area contributed by atoms with Crippen LogP contribution in [0, 0.1) is 12.7 Å². The van der Waals surface area contributed by atoms with Crippen molar-refractivity contribution < 1.29 is 26.3 Å². The largest absolute Gasteiger partial charge is 0.398 e. The average molecular weight is 481 g/mol. The number of rotatable bonds is 4. The number of aryl methyl sites for hydroxylation is 1. The van der Waals surface area contributed by atoms with E-state index in [4.69, 9.17) is 11.6 Å². The summed E-state index contributed by atoms with van der Waals surface area (Å²) in [5.74, 6) is -4.34. The molecule has 1 aliphatic rings. The van der Waals surface area contributed by atoms with Crippen LogP contribution in [0.2, 0.25) is 5.02 Å². The number of amidine groups is 1. The number of hydrogen-bond donors (Lipinski definition) is 0. The van der Waals surface area contributed by atoms with Gasteiger partial charge in [0.15, 0.2) is 0 Å². The quantitative estimate of drug-likeness (QED) is 0.198. The zero-order valence-electron chi connectivity index (χ0n) is 16.4. The van der Waals surface area contributed by atoms with Gasteiger partial charge in [0.1, 0.15) is 17.3 Å². The minimum absolute atomic E-state index is 0.0115. The molecule has 2 aromatic rings. The molecule has 0 unspecified atom stereocenters. The topological polar surface area (TPSA) is 15.6 Å². The van der Waals surface area contributed by atoms with Crippen molar-refractivity contribution in [2.75, 3.05) is 18.8 Å². The van der Waals surface area contributed by atoms with E-state index in [1.54, 1.807) is 29.2 Å². The number of thioether (sulfide) groups is 1. The van der Waals surface area contributed by atoms with Crippen LogP contribution in [0.4, 0.5) is 32.0 Å². The van der Waals surface area contributed by atoms with Crippen molar-refractivity contribution in [1.29, 1.82) is 0 Å². The number of alkyl halides is 5. The average Bonchev–Trinajstić information content (AvgIpc) is 2.67. The molecular weight excluding hydrogens is 462 g/mol. The van der Waals surface area contributed by atoms with Gasteiger partial charge in [0, 0.05) is 41.4 Å². The maximum Gasteiger partial charge on any atom is 0.398 e. The lowest BCUT2D eigenvalue weighted by molar-refractivity contribution is -0.105. The molecule has 1 aliphatic heterocycles. The number of likely N-dealkylation sites (tertiary alicyclic amines) is 1. The van der Waals surface area contributed by atoms with Gasteiger partial charge >= 0.3 is 6.18 Å². The summed E-state index contributed by atoms with van der Waals surface area (Å²) in [7, 11) is 0. The van der Waals surface area contributed by atoms with Crippen LogP contribution in [0.1, 0.15) is 24.0 Å². The van der Waals surface area contributed by atoms with Crippen LogP contribution in [0.25, 0.3) is 0 Å². The molecule has 2 nitrogen and oxygen atoms in total. The standard InChI is InChI=1S/C21H19ClF6N2S/c1-13-10-16(23)17(11-18(13)31-12-21(26,27)28)29-19(14-2-4-15(22)5-3-14)30-8-6-20(24,25)7-9-30/h2-5,10-11H,6-9,12H2,1H3. The van der Waals surface area contributed by atoms with Crippen molar-refractivity contribution in [3.05, 3.63) is 58.4 Å². The SMILES string of the molecule is Cc1cc(F)c(N=C(c2ccc(Cl)cc2)N2CCC(F)(F)CC2)cc1SCC(F)(F)F.